The predicted molar refractivity (Wildman–Crippen MR) is 126 cm³/mol. The van der Waals surface area contributed by atoms with Gasteiger partial charge in [-0.05, 0) is 32.9 Å². The molecule has 0 spiro atoms. The summed E-state index contributed by atoms with van der Waals surface area (Å²) in [5, 5.41) is 11.6. The average Bonchev–Trinajstić information content (AvgIpc) is 3.11. The van der Waals surface area contributed by atoms with Gasteiger partial charge in [0.15, 0.2) is 0 Å². The van der Waals surface area contributed by atoms with Crippen LogP contribution in [-0.4, -0.2) is 47.2 Å². The average molecular weight is 431 g/mol. The van der Waals surface area contributed by atoms with E-state index >= 15 is 0 Å². The molecule has 3 aromatic heterocycles. The zero-order valence-corrected chi connectivity index (χ0v) is 18.4. The van der Waals surface area contributed by atoms with E-state index in [9.17, 15) is 9.90 Å². The molecular formula is C24H26N6O2. The van der Waals surface area contributed by atoms with Crippen molar-refractivity contribution in [3.05, 3.63) is 61.7 Å². The smallest absolute Gasteiger partial charge is 0.408 e. The molecule has 0 aliphatic carbocycles. The number of nitrogens with zero attached hydrogens (tertiary/aromatic N) is 5. The van der Waals surface area contributed by atoms with Crippen LogP contribution in [0.4, 0.5) is 10.6 Å². The summed E-state index contributed by atoms with van der Waals surface area (Å²) in [5.74, 6) is 0.359. The van der Waals surface area contributed by atoms with Crippen molar-refractivity contribution >= 4 is 33.8 Å². The number of carbonyl (C=O) groups is 1. The molecule has 4 rings (SSSR count). The summed E-state index contributed by atoms with van der Waals surface area (Å²) in [7, 11) is 0. The van der Waals surface area contributed by atoms with Crippen molar-refractivity contribution in [2.24, 2.45) is 0 Å². The highest BCUT2D eigenvalue weighted by Crippen LogP contribution is 2.34. The summed E-state index contributed by atoms with van der Waals surface area (Å²) in [6, 6.07) is 9.47. The zero-order chi connectivity index (χ0) is 23.0. The van der Waals surface area contributed by atoms with Gasteiger partial charge in [-0.25, -0.2) is 14.8 Å². The number of benzene rings is 1. The van der Waals surface area contributed by atoms with Crippen LogP contribution in [0.5, 0.6) is 0 Å². The fourth-order valence-electron chi connectivity index (χ4n) is 4.11. The number of pyridine rings is 1. The molecule has 4 aromatic rings. The van der Waals surface area contributed by atoms with Gasteiger partial charge in [-0.2, -0.15) is 0 Å². The number of rotatable bonds is 5. The third-order valence-corrected chi connectivity index (χ3v) is 5.50. The molecule has 3 heterocycles. The summed E-state index contributed by atoms with van der Waals surface area (Å²) in [6.45, 7) is 9.80. The van der Waals surface area contributed by atoms with Crippen molar-refractivity contribution in [3.63, 3.8) is 0 Å². The van der Waals surface area contributed by atoms with E-state index in [1.165, 1.54) is 11.2 Å². The molecule has 32 heavy (non-hydrogen) atoms. The monoisotopic (exact) mass is 430 g/mol. The number of anilines is 1. The number of hydrogen-bond donors (Lipinski definition) is 2. The van der Waals surface area contributed by atoms with Crippen LogP contribution in [0, 0.1) is 0 Å². The predicted octanol–water partition coefficient (Wildman–Crippen LogP) is 4.56. The lowest BCUT2D eigenvalue weighted by molar-refractivity contribution is 0.0788. The SMILES string of the molecule is C=CC(Cn1cc(-c2cnc3ccccc3c2)c2c(N)ncnc21)N(C(=O)O)C(C)(C)C. The van der Waals surface area contributed by atoms with Crippen LogP contribution in [0.2, 0.25) is 0 Å². The molecule has 0 saturated carbocycles. The van der Waals surface area contributed by atoms with Crippen LogP contribution in [0.15, 0.2) is 61.7 Å². The number of nitrogens with two attached hydrogens (primary N) is 1. The molecule has 1 atom stereocenters. The Bertz CT molecular complexity index is 1320. The van der Waals surface area contributed by atoms with Crippen molar-refractivity contribution in [2.45, 2.75) is 38.9 Å². The molecule has 3 N–H and O–H groups in total. The molecule has 1 unspecified atom stereocenters. The quantitative estimate of drug-likeness (QED) is 0.449. The van der Waals surface area contributed by atoms with E-state index in [0.29, 0.717) is 23.4 Å². The second-order valence-corrected chi connectivity index (χ2v) is 8.70. The third-order valence-electron chi connectivity index (χ3n) is 5.50. The molecule has 1 amide bonds. The van der Waals surface area contributed by atoms with Gasteiger partial charge in [0.2, 0.25) is 0 Å². The first-order chi connectivity index (χ1) is 15.2. The van der Waals surface area contributed by atoms with Crippen LogP contribution < -0.4 is 5.73 Å². The minimum Gasteiger partial charge on any atom is -0.465 e. The van der Waals surface area contributed by atoms with E-state index in [0.717, 1.165) is 22.0 Å². The van der Waals surface area contributed by atoms with Gasteiger partial charge in [-0.1, -0.05) is 24.3 Å². The first kappa shape index (κ1) is 21.3. The maximum atomic E-state index is 12.0. The number of para-hydroxylation sites is 1. The summed E-state index contributed by atoms with van der Waals surface area (Å²) < 4.78 is 1.91. The molecular weight excluding hydrogens is 404 g/mol. The summed E-state index contributed by atoms with van der Waals surface area (Å²) >= 11 is 0. The fourth-order valence-corrected chi connectivity index (χ4v) is 4.11. The van der Waals surface area contributed by atoms with Gasteiger partial charge < -0.3 is 15.4 Å². The Morgan fingerprint density at radius 3 is 2.72 bits per heavy atom. The summed E-state index contributed by atoms with van der Waals surface area (Å²) in [4.78, 5) is 26.6. The maximum absolute atomic E-state index is 12.0. The van der Waals surface area contributed by atoms with E-state index in [1.54, 1.807) is 12.3 Å². The van der Waals surface area contributed by atoms with Crippen LogP contribution >= 0.6 is 0 Å². The van der Waals surface area contributed by atoms with Crippen LogP contribution in [-0.2, 0) is 6.54 Å². The van der Waals surface area contributed by atoms with Crippen molar-refractivity contribution in [3.8, 4) is 11.1 Å². The van der Waals surface area contributed by atoms with Gasteiger partial charge >= 0.3 is 6.09 Å². The summed E-state index contributed by atoms with van der Waals surface area (Å²) in [5.41, 5.74) is 8.91. The molecule has 0 radical (unpaired) electrons. The lowest BCUT2D eigenvalue weighted by Crippen LogP contribution is -2.51. The molecule has 0 aliphatic rings. The Morgan fingerprint density at radius 1 is 1.28 bits per heavy atom. The standard InChI is InChI=1S/C24H26N6O2/c1-5-17(30(23(31)32)24(2,3)4)12-29-13-18(20-21(25)27-14-28-22(20)29)16-10-15-8-6-7-9-19(15)26-11-16/h5-11,13-14,17H,1,12H2,2-4H3,(H,31,32)(H2,25,27,28). The zero-order valence-electron chi connectivity index (χ0n) is 18.4. The minimum atomic E-state index is -1.01. The number of nitrogen functional groups attached to an aromatic ring is 1. The Morgan fingerprint density at radius 2 is 2.03 bits per heavy atom. The van der Waals surface area contributed by atoms with Crippen LogP contribution in [0.1, 0.15) is 20.8 Å². The van der Waals surface area contributed by atoms with E-state index < -0.39 is 17.7 Å². The van der Waals surface area contributed by atoms with Crippen molar-refractivity contribution in [1.29, 1.82) is 0 Å². The van der Waals surface area contributed by atoms with Crippen molar-refractivity contribution in [1.82, 2.24) is 24.4 Å². The first-order valence-electron chi connectivity index (χ1n) is 10.3. The normalized spacial score (nSPS) is 12.7. The molecule has 164 valence electrons. The second kappa shape index (κ2) is 7.96. The fraction of sp³-hybridized carbons (Fsp3) is 0.250. The van der Waals surface area contributed by atoms with E-state index in [2.05, 4.69) is 27.6 Å². The lowest BCUT2D eigenvalue weighted by Gasteiger charge is -2.38. The molecule has 8 heteroatoms. The van der Waals surface area contributed by atoms with Gasteiger partial charge in [0.05, 0.1) is 16.9 Å². The molecule has 0 bridgehead atoms. The van der Waals surface area contributed by atoms with Crippen LogP contribution in [0.3, 0.4) is 0 Å². The molecule has 0 aliphatic heterocycles. The highest BCUT2D eigenvalue weighted by molar-refractivity contribution is 6.01. The van der Waals surface area contributed by atoms with E-state index in [4.69, 9.17) is 5.73 Å². The second-order valence-electron chi connectivity index (χ2n) is 8.70. The number of carboxylic acid groups (broad SMARTS) is 1. The molecule has 0 saturated heterocycles. The maximum Gasteiger partial charge on any atom is 0.408 e. The Balaban J connectivity index is 1.85. The van der Waals surface area contributed by atoms with Gasteiger partial charge in [0, 0.05) is 41.0 Å². The number of hydrogen-bond acceptors (Lipinski definition) is 5. The van der Waals surface area contributed by atoms with Crippen molar-refractivity contribution < 1.29 is 9.90 Å². The van der Waals surface area contributed by atoms with Crippen LogP contribution in [0.25, 0.3) is 33.1 Å². The largest absolute Gasteiger partial charge is 0.465 e. The molecule has 1 aromatic carbocycles. The van der Waals surface area contributed by atoms with E-state index in [1.807, 2.05) is 55.8 Å². The number of aromatic nitrogens is 4. The van der Waals surface area contributed by atoms with Crippen molar-refractivity contribution in [2.75, 3.05) is 5.73 Å². The Labute approximate surface area is 186 Å². The lowest BCUT2D eigenvalue weighted by atomic mass is 10.0. The van der Waals surface area contributed by atoms with Gasteiger partial charge in [0.25, 0.3) is 0 Å². The minimum absolute atomic E-state index is 0.334. The first-order valence-corrected chi connectivity index (χ1v) is 10.3. The Kier molecular flexibility index (Phi) is 5.30. The summed E-state index contributed by atoms with van der Waals surface area (Å²) in [6.07, 6.45) is 5.79. The van der Waals surface area contributed by atoms with Gasteiger partial charge in [-0.3, -0.25) is 9.88 Å². The molecule has 8 nitrogen and oxygen atoms in total. The third kappa shape index (κ3) is 3.75. The Hall–Kier alpha value is -3.94. The number of amides is 1. The molecule has 0 fully saturated rings. The number of fused-ring (bicyclic) bond motifs is 2. The van der Waals surface area contributed by atoms with Gasteiger partial charge in [-0.15, -0.1) is 6.58 Å². The highest BCUT2D eigenvalue weighted by atomic mass is 16.4. The highest BCUT2D eigenvalue weighted by Gasteiger charge is 2.32. The van der Waals surface area contributed by atoms with E-state index in [-0.39, 0.29) is 0 Å². The van der Waals surface area contributed by atoms with Gasteiger partial charge in [0.1, 0.15) is 17.8 Å². The topological polar surface area (TPSA) is 110 Å².